The van der Waals surface area contributed by atoms with Crippen molar-refractivity contribution >= 4 is 33.4 Å². The molecule has 0 saturated heterocycles. The van der Waals surface area contributed by atoms with Crippen molar-refractivity contribution < 1.29 is 9.90 Å². The zero-order valence-electron chi connectivity index (χ0n) is 30.6. The number of carbonyl (C=O) groups is 1. The van der Waals surface area contributed by atoms with Gasteiger partial charge < -0.3 is 9.67 Å². The first-order valence-electron chi connectivity index (χ1n) is 19.2. The van der Waals surface area contributed by atoms with Crippen LogP contribution in [0.4, 0.5) is 0 Å². The summed E-state index contributed by atoms with van der Waals surface area (Å²) in [5.74, 6) is -0.103. The molecule has 3 nitrogen and oxygen atoms in total. The van der Waals surface area contributed by atoms with E-state index in [1.807, 2.05) is 85.8 Å². The van der Waals surface area contributed by atoms with Crippen molar-refractivity contribution in [2.24, 2.45) is 0 Å². The van der Waals surface area contributed by atoms with Gasteiger partial charge in [0.1, 0.15) is 5.76 Å². The van der Waals surface area contributed by atoms with Gasteiger partial charge in [-0.3, -0.25) is 4.79 Å². The average Bonchev–Trinajstić information content (AvgIpc) is 3.48. The number of hydrogen-bond acceptors (Lipinski definition) is 2. The molecule has 1 aliphatic carbocycles. The van der Waals surface area contributed by atoms with Crippen LogP contribution in [-0.4, -0.2) is 15.5 Å². The number of nitrogens with zero attached hydrogens (tertiary/aromatic N) is 1. The van der Waals surface area contributed by atoms with E-state index in [1.165, 1.54) is 70.6 Å². The van der Waals surface area contributed by atoms with Gasteiger partial charge in [-0.25, -0.2) is 0 Å². The molecule has 6 rings (SSSR count). The highest BCUT2D eigenvalue weighted by molar-refractivity contribution is 6.45. The number of fused-ring (bicyclic) bond motifs is 1. The second kappa shape index (κ2) is 17.4. The molecule has 0 unspecified atom stereocenters. The maximum atomic E-state index is 14.6. The van der Waals surface area contributed by atoms with Crippen LogP contribution in [0.2, 0.25) is 0 Å². The maximum absolute atomic E-state index is 14.6. The fourth-order valence-corrected chi connectivity index (χ4v) is 7.75. The van der Waals surface area contributed by atoms with Gasteiger partial charge in [0.2, 0.25) is 5.78 Å². The molecule has 0 saturated carbocycles. The number of para-hydroxylation sites is 1. The van der Waals surface area contributed by atoms with Gasteiger partial charge in [-0.1, -0.05) is 187 Å². The van der Waals surface area contributed by atoms with E-state index in [9.17, 15) is 9.90 Å². The molecule has 4 aromatic carbocycles. The highest BCUT2D eigenvalue weighted by atomic mass is 16.3. The maximum Gasteiger partial charge on any atom is 0.201 e. The number of rotatable bonds is 18. The minimum absolute atomic E-state index is 0.0424. The van der Waals surface area contributed by atoms with Gasteiger partial charge in [-0.2, -0.15) is 0 Å². The number of aliphatic hydroxyl groups excluding tert-OH is 1. The van der Waals surface area contributed by atoms with E-state index in [1.54, 1.807) is 0 Å². The van der Waals surface area contributed by atoms with Crippen LogP contribution in [0.3, 0.4) is 0 Å². The third kappa shape index (κ3) is 7.89. The summed E-state index contributed by atoms with van der Waals surface area (Å²) in [7, 11) is 0. The molecular weight excluding hydrogens is 623 g/mol. The van der Waals surface area contributed by atoms with Gasteiger partial charge in [0.15, 0.2) is 0 Å². The second-order valence-corrected chi connectivity index (χ2v) is 14.1. The summed E-state index contributed by atoms with van der Waals surface area (Å²) in [4.78, 5) is 14.6. The summed E-state index contributed by atoms with van der Waals surface area (Å²) >= 11 is 0. The number of benzene rings is 4. The Morgan fingerprint density at radius 2 is 1.22 bits per heavy atom. The lowest BCUT2D eigenvalue weighted by atomic mass is 9.75. The first-order chi connectivity index (χ1) is 25.0. The molecule has 0 bridgehead atoms. The molecule has 0 atom stereocenters. The Labute approximate surface area is 305 Å². The van der Waals surface area contributed by atoms with Crippen LogP contribution in [-0.2, 0) is 11.3 Å². The lowest BCUT2D eigenvalue weighted by molar-refractivity contribution is -0.111. The minimum atomic E-state index is -0.145. The molecule has 1 heterocycles. The molecule has 0 fully saturated rings. The third-order valence-corrected chi connectivity index (χ3v) is 10.5. The third-order valence-electron chi connectivity index (χ3n) is 10.5. The van der Waals surface area contributed by atoms with Gasteiger partial charge in [-0.15, -0.1) is 0 Å². The molecular formula is C48H53NO2. The van der Waals surface area contributed by atoms with Crippen LogP contribution in [0.5, 0.6) is 0 Å². The summed E-state index contributed by atoms with van der Waals surface area (Å²) in [5.41, 5.74) is 8.92. The zero-order chi connectivity index (χ0) is 35.6. The number of Topliss-reactive ketones (excluding diaryl/α,β-unsaturated/α-hetero) is 1. The van der Waals surface area contributed by atoms with Gasteiger partial charge in [0.05, 0.1) is 16.8 Å². The summed E-state index contributed by atoms with van der Waals surface area (Å²) < 4.78 is 2.39. The monoisotopic (exact) mass is 675 g/mol. The fourth-order valence-electron chi connectivity index (χ4n) is 7.75. The molecule has 51 heavy (non-hydrogen) atoms. The Hall–Kier alpha value is -4.89. The summed E-state index contributed by atoms with van der Waals surface area (Å²) in [6.45, 7) is 9.63. The Kier molecular flexibility index (Phi) is 12.2. The van der Waals surface area contributed by atoms with E-state index < -0.39 is 0 Å². The lowest BCUT2D eigenvalue weighted by Gasteiger charge is -2.27. The van der Waals surface area contributed by atoms with E-state index in [0.29, 0.717) is 16.7 Å². The van der Waals surface area contributed by atoms with Crippen LogP contribution in [0.1, 0.15) is 106 Å². The lowest BCUT2D eigenvalue weighted by Crippen LogP contribution is -2.23. The van der Waals surface area contributed by atoms with Crippen LogP contribution in [0.25, 0.3) is 38.9 Å². The Balaban J connectivity index is 1.33. The number of aryl methyl sites for hydroxylation is 2. The normalized spacial score (nSPS) is 13.9. The van der Waals surface area contributed by atoms with Gasteiger partial charge in [0.25, 0.3) is 0 Å². The number of hydrogen-bond donors (Lipinski definition) is 1. The number of aromatic nitrogens is 1. The van der Waals surface area contributed by atoms with E-state index >= 15 is 0 Å². The van der Waals surface area contributed by atoms with E-state index in [0.717, 1.165) is 63.0 Å². The molecule has 0 amide bonds. The molecule has 1 N–H and O–H groups in total. The highest BCUT2D eigenvalue weighted by Gasteiger charge is 2.41. The van der Waals surface area contributed by atoms with Crippen molar-refractivity contribution in [3.05, 3.63) is 149 Å². The van der Waals surface area contributed by atoms with Crippen molar-refractivity contribution in [3.8, 4) is 11.3 Å². The standard InChI is InChI=1S/C48H53NO2/c1-4-5-6-7-8-9-10-11-12-13-14-25-34-49-41-33-24-23-32-40(41)43(46(49)38-29-19-16-20-30-38)45-47(50)44(48(45)51)42(39-31-22-21-26-35(39)2)36(3)37-27-17-15-18-28-37/h15-24,26-33,50H,3-14,25,34H2,1-2H3/b44-42-. The van der Waals surface area contributed by atoms with Crippen LogP contribution in [0, 0.1) is 6.92 Å². The van der Waals surface area contributed by atoms with Gasteiger partial charge in [0, 0.05) is 28.6 Å². The Morgan fingerprint density at radius 1 is 0.667 bits per heavy atom. The predicted molar refractivity (Wildman–Crippen MR) is 217 cm³/mol. The summed E-state index contributed by atoms with van der Waals surface area (Å²) in [6.07, 6.45) is 15.7. The largest absolute Gasteiger partial charge is 0.506 e. The van der Waals surface area contributed by atoms with E-state index in [2.05, 4.69) is 48.4 Å². The topological polar surface area (TPSA) is 42.2 Å². The molecule has 5 aromatic rings. The predicted octanol–water partition coefficient (Wildman–Crippen LogP) is 13.3. The average molecular weight is 676 g/mol. The van der Waals surface area contributed by atoms with Crippen molar-refractivity contribution in [1.29, 1.82) is 0 Å². The zero-order valence-corrected chi connectivity index (χ0v) is 30.6. The molecule has 1 aliphatic rings. The van der Waals surface area contributed by atoms with Crippen molar-refractivity contribution in [1.82, 2.24) is 4.57 Å². The highest BCUT2D eigenvalue weighted by Crippen LogP contribution is 2.49. The van der Waals surface area contributed by atoms with E-state index in [4.69, 9.17) is 0 Å². The molecule has 0 aliphatic heterocycles. The number of carbonyl (C=O) groups excluding carboxylic acids is 1. The first kappa shape index (κ1) is 35.9. The summed E-state index contributed by atoms with van der Waals surface area (Å²) in [6, 6.07) is 36.6. The SMILES string of the molecule is C=C(/C(=C1/C(=O)C(c2c(-c3ccccc3)n(CCCCCCCCCCCCCC)c3ccccc23)=C1O)c1ccccc1C)c1ccccc1. The van der Waals surface area contributed by atoms with E-state index in [-0.39, 0.29) is 11.5 Å². The Bertz CT molecular complexity index is 2030. The molecule has 262 valence electrons. The summed E-state index contributed by atoms with van der Waals surface area (Å²) in [5, 5.41) is 13.1. The fraction of sp³-hybridized carbons (Fsp3) is 0.312. The Morgan fingerprint density at radius 3 is 1.84 bits per heavy atom. The van der Waals surface area contributed by atoms with Crippen LogP contribution in [0.15, 0.2) is 127 Å². The quantitative estimate of drug-likeness (QED) is 0.0742. The van der Waals surface area contributed by atoms with Crippen molar-refractivity contribution in [3.63, 3.8) is 0 Å². The number of ketones is 1. The van der Waals surface area contributed by atoms with Crippen LogP contribution >= 0.6 is 0 Å². The smallest absolute Gasteiger partial charge is 0.201 e. The molecule has 1 aromatic heterocycles. The number of aliphatic hydroxyl groups is 1. The molecule has 3 heteroatoms. The first-order valence-corrected chi connectivity index (χ1v) is 19.2. The van der Waals surface area contributed by atoms with Crippen molar-refractivity contribution in [2.75, 3.05) is 0 Å². The number of allylic oxidation sites excluding steroid dienone is 4. The molecule has 0 radical (unpaired) electrons. The van der Waals surface area contributed by atoms with Crippen molar-refractivity contribution in [2.45, 2.75) is 97.4 Å². The van der Waals surface area contributed by atoms with Gasteiger partial charge in [-0.05, 0) is 47.2 Å². The second-order valence-electron chi connectivity index (χ2n) is 14.1. The van der Waals surface area contributed by atoms with Crippen LogP contribution < -0.4 is 0 Å². The van der Waals surface area contributed by atoms with Gasteiger partial charge >= 0.3 is 0 Å². The minimum Gasteiger partial charge on any atom is -0.506 e. The molecule has 0 spiro atoms. The number of unbranched alkanes of at least 4 members (excludes halogenated alkanes) is 11.